The van der Waals surface area contributed by atoms with Crippen LogP contribution in [0.25, 0.3) is 11.1 Å². The van der Waals surface area contributed by atoms with E-state index in [1.54, 1.807) is 0 Å². The van der Waals surface area contributed by atoms with Crippen LogP contribution in [0.1, 0.15) is 63.0 Å². The number of ketones is 1. The maximum atomic E-state index is 13.5. The van der Waals surface area contributed by atoms with Gasteiger partial charge in [0, 0.05) is 14.8 Å². The first kappa shape index (κ1) is 26.0. The van der Waals surface area contributed by atoms with Crippen LogP contribution in [-0.2, 0) is 16.6 Å². The van der Waals surface area contributed by atoms with E-state index in [1.165, 1.54) is 0 Å². The highest BCUT2D eigenvalue weighted by Crippen LogP contribution is 2.51. The molecule has 2 aliphatic rings. The molecule has 0 aromatic heterocycles. The maximum Gasteiger partial charge on any atom is 0.251 e. The number of Topliss-reactive ketones (excluding diaryl/α,β-unsaturated/α-hetero) is 1. The Balaban J connectivity index is 0.00000220. The molecular weight excluding hydrogens is 478 g/mol. The second-order valence-electron chi connectivity index (χ2n) is 11.0. The summed E-state index contributed by atoms with van der Waals surface area (Å²) in [6, 6.07) is 19.2. The van der Waals surface area contributed by atoms with Crippen molar-refractivity contribution in [1.29, 1.82) is 0 Å². The van der Waals surface area contributed by atoms with Crippen LogP contribution < -0.4 is 14.8 Å². The van der Waals surface area contributed by atoms with E-state index in [9.17, 15) is 14.7 Å². The first-order valence-electron chi connectivity index (χ1n) is 13.3. The number of rotatable bonds is 10. The molecule has 1 heterocycles. The summed E-state index contributed by atoms with van der Waals surface area (Å²) in [7, 11) is 0. The molecule has 6 heteroatoms. The third-order valence-electron chi connectivity index (χ3n) is 7.65. The molecule has 1 amide bonds. The molecule has 0 radical (unpaired) electrons. The molecule has 1 atom stereocenters. The van der Waals surface area contributed by atoms with Crippen molar-refractivity contribution in [1.82, 2.24) is 5.32 Å². The summed E-state index contributed by atoms with van der Waals surface area (Å²) in [6.07, 6.45) is 2.78. The molecule has 0 unspecified atom stereocenters. The molecule has 1 aliphatic heterocycles. The first-order valence-corrected chi connectivity index (χ1v) is 13.3. The number of hydrogen-bond donors (Lipinski definition) is 2. The van der Waals surface area contributed by atoms with Crippen LogP contribution in [0.3, 0.4) is 0 Å². The molecule has 3 aromatic rings. The summed E-state index contributed by atoms with van der Waals surface area (Å²) in [5.74, 6) is 1.85. The van der Waals surface area contributed by atoms with E-state index in [4.69, 9.17) is 9.47 Å². The topological polar surface area (TPSA) is 84.9 Å². The van der Waals surface area contributed by atoms with E-state index in [1.807, 2.05) is 55.5 Å². The average Bonchev–Trinajstić information content (AvgIpc) is 3.59. The van der Waals surface area contributed by atoms with Gasteiger partial charge in [-0.25, -0.2) is 0 Å². The lowest BCUT2D eigenvalue weighted by molar-refractivity contribution is -0.120. The lowest BCUT2D eigenvalue weighted by Gasteiger charge is -2.18. The van der Waals surface area contributed by atoms with Gasteiger partial charge in [-0.05, 0) is 84.2 Å². The van der Waals surface area contributed by atoms with Gasteiger partial charge in [0.05, 0.1) is 18.1 Å². The fourth-order valence-corrected chi connectivity index (χ4v) is 5.31. The minimum atomic E-state index is -0.441. The van der Waals surface area contributed by atoms with Gasteiger partial charge in [0.25, 0.3) is 5.91 Å². The van der Waals surface area contributed by atoms with E-state index in [0.717, 1.165) is 52.8 Å². The number of amides is 1. The molecule has 3 aromatic carbocycles. The van der Waals surface area contributed by atoms with E-state index in [2.05, 4.69) is 31.3 Å². The molecule has 1 fully saturated rings. The summed E-state index contributed by atoms with van der Waals surface area (Å²) in [5, 5.41) is 12.5. The van der Waals surface area contributed by atoms with Crippen molar-refractivity contribution in [2.45, 2.75) is 57.9 Å². The Labute approximate surface area is 227 Å². The maximum absolute atomic E-state index is 13.5. The van der Waals surface area contributed by atoms with Gasteiger partial charge in [0.1, 0.15) is 5.78 Å². The van der Waals surface area contributed by atoms with E-state index in [-0.39, 0.29) is 34.0 Å². The number of carbonyl (C=O) groups excluding carboxylic acids is 2. The molecule has 5 rings (SSSR count). The van der Waals surface area contributed by atoms with Crippen molar-refractivity contribution in [3.63, 3.8) is 0 Å². The Kier molecular flexibility index (Phi) is 7.26. The monoisotopic (exact) mass is 517 g/mol. The number of aliphatic hydroxyl groups is 1. The zero-order valence-corrected chi connectivity index (χ0v) is 22.3. The van der Waals surface area contributed by atoms with Crippen LogP contribution in [0, 0.1) is 12.8 Å². The number of benzene rings is 3. The van der Waals surface area contributed by atoms with Gasteiger partial charge in [-0.2, -0.15) is 0 Å². The van der Waals surface area contributed by atoms with Crippen LogP contribution in [0.15, 0.2) is 60.7 Å². The number of fused-ring (bicyclic) bond motifs is 1. The highest BCUT2D eigenvalue weighted by atomic mass is 16.7. The van der Waals surface area contributed by atoms with E-state index in [0.29, 0.717) is 23.7 Å². The summed E-state index contributed by atoms with van der Waals surface area (Å²) in [5.41, 5.74) is 5.23. The third-order valence-corrected chi connectivity index (χ3v) is 7.65. The fraction of sp³-hybridized carbons (Fsp3) is 0.375. The second kappa shape index (κ2) is 10.6. The Hall–Kier alpha value is -3.64. The van der Waals surface area contributed by atoms with Crippen molar-refractivity contribution in [3.8, 4) is 22.6 Å². The summed E-state index contributed by atoms with van der Waals surface area (Å²) < 4.78 is 11.0. The van der Waals surface area contributed by atoms with Gasteiger partial charge in [-0.3, -0.25) is 9.59 Å². The number of carbonyl (C=O) groups is 2. The number of hydrogen-bond acceptors (Lipinski definition) is 5. The first-order chi connectivity index (χ1) is 18.3. The third kappa shape index (κ3) is 5.32. The average molecular weight is 518 g/mol. The second-order valence-corrected chi connectivity index (χ2v) is 11.0. The Morgan fingerprint density at radius 3 is 2.42 bits per heavy atom. The molecule has 6 nitrogen and oxygen atoms in total. The van der Waals surface area contributed by atoms with Gasteiger partial charge < -0.3 is 19.9 Å². The molecule has 1 aliphatic carbocycles. The van der Waals surface area contributed by atoms with Gasteiger partial charge in [-0.1, -0.05) is 50.2 Å². The Morgan fingerprint density at radius 2 is 1.74 bits per heavy atom. The smallest absolute Gasteiger partial charge is 0.251 e. The lowest BCUT2D eigenvalue weighted by atomic mass is 9.87. The van der Waals surface area contributed by atoms with Gasteiger partial charge in [0.2, 0.25) is 6.79 Å². The van der Waals surface area contributed by atoms with E-state index >= 15 is 0 Å². The highest BCUT2D eigenvalue weighted by Gasteiger charge is 2.50. The van der Waals surface area contributed by atoms with Crippen molar-refractivity contribution in [2.24, 2.45) is 5.92 Å². The fourth-order valence-electron chi connectivity index (χ4n) is 5.31. The van der Waals surface area contributed by atoms with Crippen LogP contribution in [0.5, 0.6) is 11.5 Å². The molecule has 38 heavy (non-hydrogen) atoms. The predicted molar refractivity (Wildman–Crippen MR) is 151 cm³/mol. The largest absolute Gasteiger partial charge is 0.454 e. The molecular formula is C32H39NO5. The summed E-state index contributed by atoms with van der Waals surface area (Å²) >= 11 is 0. The minimum absolute atomic E-state index is 0. The zero-order chi connectivity index (χ0) is 26.9. The van der Waals surface area contributed by atoms with Crippen LogP contribution in [-0.4, -0.2) is 36.2 Å². The summed E-state index contributed by atoms with van der Waals surface area (Å²) in [4.78, 5) is 26.2. The molecule has 0 saturated heterocycles. The SMILES string of the molecule is Cc1ccc(CC(=O)C2(c3ccc4c(c3)OCO4)CC2)cc1-c1ccc(C(=O)N[C@@H](CO)CC(C)C)cc1.[HH].[HH]. The number of aliphatic hydroxyl groups excluding tert-OH is 1. The number of ether oxygens (including phenoxy) is 2. The molecule has 2 N–H and O–H groups in total. The summed E-state index contributed by atoms with van der Waals surface area (Å²) in [6.45, 7) is 6.32. The Bertz CT molecular complexity index is 1350. The number of nitrogens with one attached hydrogen (secondary N) is 1. The predicted octanol–water partition coefficient (Wildman–Crippen LogP) is 5.86. The van der Waals surface area contributed by atoms with Crippen LogP contribution in [0.2, 0.25) is 0 Å². The van der Waals surface area contributed by atoms with Crippen LogP contribution >= 0.6 is 0 Å². The highest BCUT2D eigenvalue weighted by molar-refractivity contribution is 5.96. The standard InChI is InChI=1S/C32H35NO5.2H2/c1-20(2)14-26(18-34)33-31(36)24-8-6-23(7-9-24)27-15-22(5-4-21(27)3)16-30(35)32(12-13-32)25-10-11-28-29(17-25)38-19-37-28;;/h4-11,15,17,20,26,34H,12-14,16,18-19H2,1-3H3,(H,33,36);2*1H/t26-;;/m1../s1. The minimum Gasteiger partial charge on any atom is -0.454 e. The van der Waals surface area contributed by atoms with Crippen LogP contribution in [0.4, 0.5) is 0 Å². The van der Waals surface area contributed by atoms with Crippen molar-refractivity contribution >= 4 is 11.7 Å². The Morgan fingerprint density at radius 1 is 1.00 bits per heavy atom. The van der Waals surface area contributed by atoms with Gasteiger partial charge in [-0.15, -0.1) is 0 Å². The van der Waals surface area contributed by atoms with Crippen molar-refractivity contribution in [3.05, 3.63) is 82.9 Å². The molecule has 0 bridgehead atoms. The van der Waals surface area contributed by atoms with E-state index < -0.39 is 5.41 Å². The lowest BCUT2D eigenvalue weighted by Crippen LogP contribution is -2.38. The van der Waals surface area contributed by atoms with Crippen molar-refractivity contribution in [2.75, 3.05) is 13.4 Å². The molecule has 0 spiro atoms. The number of aryl methyl sites for hydroxylation is 1. The quantitative estimate of drug-likeness (QED) is 0.352. The zero-order valence-electron chi connectivity index (χ0n) is 22.3. The molecule has 202 valence electrons. The van der Waals surface area contributed by atoms with Crippen molar-refractivity contribution < 1.29 is 27.0 Å². The molecule has 1 saturated carbocycles. The van der Waals surface area contributed by atoms with Gasteiger partial charge in [0.15, 0.2) is 11.5 Å². The normalized spacial score (nSPS) is 15.8. The van der Waals surface area contributed by atoms with Gasteiger partial charge >= 0.3 is 0 Å².